The highest BCUT2D eigenvalue weighted by Gasteiger charge is 2.40. The largest absolute Gasteiger partial charge is 0.507 e. The van der Waals surface area contributed by atoms with E-state index in [1.807, 2.05) is 23.5 Å². The number of ether oxygens (including phenoxy) is 1. The quantitative estimate of drug-likeness (QED) is 0.123. The average Bonchev–Trinajstić information content (AvgIpc) is 2.93. The van der Waals surface area contributed by atoms with Gasteiger partial charge in [0.25, 0.3) is 0 Å². The summed E-state index contributed by atoms with van der Waals surface area (Å²) in [5.74, 6) is 1.53. The molecule has 0 fully saturated rings. The summed E-state index contributed by atoms with van der Waals surface area (Å²) < 4.78 is 20.6. The van der Waals surface area contributed by atoms with Crippen LogP contribution in [0.3, 0.4) is 0 Å². The van der Waals surface area contributed by atoms with Crippen LogP contribution in [0.4, 0.5) is 0 Å². The SMILES string of the molecule is CC(C)(Sc1cc(C(C)(C)C)c(O)c(C(C)(C)C)c1)Sc1cc(C(C)(C)C)c(OCC(CO[Si](C)(C)C(C)(C)C)CO[Si](C)(C)C(C)(C)C)c(C(C)(C)C)c1. The molecular formula is C47H84O4S2Si2. The fraction of sp³-hybridized carbons (Fsp3) is 0.745. The Bertz CT molecular complexity index is 1500. The van der Waals surface area contributed by atoms with Crippen LogP contribution in [0.25, 0.3) is 0 Å². The fourth-order valence-electron chi connectivity index (χ4n) is 5.76. The second-order valence-corrected chi connectivity index (χ2v) is 36.9. The molecule has 2 aromatic carbocycles. The molecule has 1 N–H and O–H groups in total. The van der Waals surface area contributed by atoms with Crippen molar-refractivity contribution in [2.45, 2.75) is 210 Å². The van der Waals surface area contributed by atoms with Gasteiger partial charge in [-0.25, -0.2) is 0 Å². The van der Waals surface area contributed by atoms with Gasteiger partial charge in [0.05, 0.1) is 10.7 Å². The molecule has 0 bridgehead atoms. The van der Waals surface area contributed by atoms with Crippen molar-refractivity contribution in [3.8, 4) is 11.5 Å². The lowest BCUT2D eigenvalue weighted by Crippen LogP contribution is -2.45. The number of phenols is 1. The molecule has 0 saturated carbocycles. The molecule has 2 rings (SSSR count). The van der Waals surface area contributed by atoms with E-state index >= 15 is 0 Å². The van der Waals surface area contributed by atoms with Crippen LogP contribution in [0.2, 0.25) is 36.3 Å². The van der Waals surface area contributed by atoms with Gasteiger partial charge in [0.15, 0.2) is 16.6 Å². The lowest BCUT2D eigenvalue weighted by molar-refractivity contribution is 0.111. The number of rotatable bonds is 13. The van der Waals surface area contributed by atoms with Crippen LogP contribution in [0.1, 0.15) is 161 Å². The molecule has 316 valence electrons. The van der Waals surface area contributed by atoms with E-state index in [9.17, 15) is 5.11 Å². The Balaban J connectivity index is 2.63. The third-order valence-electron chi connectivity index (χ3n) is 11.5. The first-order chi connectivity index (χ1) is 24.2. The molecule has 0 aromatic heterocycles. The van der Waals surface area contributed by atoms with Crippen LogP contribution in [0, 0.1) is 5.92 Å². The van der Waals surface area contributed by atoms with Gasteiger partial charge in [-0.2, -0.15) is 0 Å². The molecule has 0 saturated heterocycles. The van der Waals surface area contributed by atoms with Crippen molar-refractivity contribution < 1.29 is 18.7 Å². The first-order valence-electron chi connectivity index (χ1n) is 20.6. The van der Waals surface area contributed by atoms with E-state index in [1.54, 1.807) is 0 Å². The van der Waals surface area contributed by atoms with Crippen molar-refractivity contribution in [2.24, 2.45) is 5.92 Å². The van der Waals surface area contributed by atoms with Gasteiger partial charge < -0.3 is 18.7 Å². The number of phenolic OH excluding ortho intramolecular Hbond substituents is 1. The summed E-state index contributed by atoms with van der Waals surface area (Å²) >= 11 is 3.78. The molecule has 0 heterocycles. The van der Waals surface area contributed by atoms with E-state index in [2.05, 4.69) is 189 Å². The zero-order valence-electron chi connectivity index (χ0n) is 40.0. The van der Waals surface area contributed by atoms with E-state index in [1.165, 1.54) is 20.9 Å². The highest BCUT2D eigenvalue weighted by atomic mass is 32.2. The van der Waals surface area contributed by atoms with E-state index in [0.29, 0.717) is 25.6 Å². The Kier molecular flexibility index (Phi) is 15.5. The normalized spacial score (nSPS) is 14.6. The molecule has 0 spiro atoms. The Morgan fingerprint density at radius 2 is 0.782 bits per heavy atom. The molecule has 0 atom stereocenters. The molecule has 0 radical (unpaired) electrons. The van der Waals surface area contributed by atoms with Crippen molar-refractivity contribution in [3.05, 3.63) is 46.5 Å². The molecule has 4 nitrogen and oxygen atoms in total. The van der Waals surface area contributed by atoms with Crippen molar-refractivity contribution in [1.82, 2.24) is 0 Å². The van der Waals surface area contributed by atoms with Crippen LogP contribution in [0.15, 0.2) is 34.1 Å². The first-order valence-corrected chi connectivity index (χ1v) is 28.0. The van der Waals surface area contributed by atoms with Crippen molar-refractivity contribution in [3.63, 3.8) is 0 Å². The predicted octanol–water partition coefficient (Wildman–Crippen LogP) is 15.2. The molecule has 2 aromatic rings. The molecule has 0 aliphatic carbocycles. The minimum atomic E-state index is -1.97. The van der Waals surface area contributed by atoms with Gasteiger partial charge in [-0.3, -0.25) is 0 Å². The molecule has 0 unspecified atom stereocenters. The summed E-state index contributed by atoms with van der Waals surface area (Å²) in [5, 5.41) is 11.6. The second-order valence-electron chi connectivity index (χ2n) is 23.6. The Labute approximate surface area is 351 Å². The Hall–Kier alpha value is -0.906. The van der Waals surface area contributed by atoms with E-state index in [0.717, 1.165) is 16.9 Å². The molecule has 0 amide bonds. The van der Waals surface area contributed by atoms with Gasteiger partial charge in [-0.15, -0.1) is 23.5 Å². The summed E-state index contributed by atoms with van der Waals surface area (Å²) in [5.41, 5.74) is 3.81. The number of thioether (sulfide) groups is 2. The van der Waals surface area contributed by atoms with Crippen LogP contribution < -0.4 is 4.74 Å². The van der Waals surface area contributed by atoms with Crippen LogP contribution >= 0.6 is 23.5 Å². The van der Waals surface area contributed by atoms with Crippen molar-refractivity contribution in [2.75, 3.05) is 19.8 Å². The monoisotopic (exact) mass is 833 g/mol. The summed E-state index contributed by atoms with van der Waals surface area (Å²) in [4.78, 5) is 2.42. The number of aromatic hydroxyl groups is 1. The molecule has 55 heavy (non-hydrogen) atoms. The molecular weight excluding hydrogens is 749 g/mol. The third kappa shape index (κ3) is 13.8. The van der Waals surface area contributed by atoms with E-state index < -0.39 is 16.6 Å². The Morgan fingerprint density at radius 3 is 1.05 bits per heavy atom. The van der Waals surface area contributed by atoms with Gasteiger partial charge in [-0.05, 0) is 96.0 Å². The van der Waals surface area contributed by atoms with Gasteiger partial charge in [0.2, 0.25) is 0 Å². The molecule has 8 heteroatoms. The lowest BCUT2D eigenvalue weighted by atomic mass is 9.79. The summed E-state index contributed by atoms with van der Waals surface area (Å²) in [6, 6.07) is 9.16. The van der Waals surface area contributed by atoms with Gasteiger partial charge in [-0.1, -0.05) is 125 Å². The van der Waals surface area contributed by atoms with Crippen LogP contribution in [0.5, 0.6) is 11.5 Å². The minimum Gasteiger partial charge on any atom is -0.507 e. The maximum Gasteiger partial charge on any atom is 0.191 e. The minimum absolute atomic E-state index is 0.106. The topological polar surface area (TPSA) is 47.9 Å². The predicted molar refractivity (Wildman–Crippen MR) is 250 cm³/mol. The summed E-state index contributed by atoms with van der Waals surface area (Å²) in [6.45, 7) is 56.5. The highest BCUT2D eigenvalue weighted by Crippen LogP contribution is 2.51. The zero-order chi connectivity index (χ0) is 43.2. The smallest absolute Gasteiger partial charge is 0.191 e. The standard InChI is InChI=1S/C47H84O4S2Si2/c1-41(2,3)35-25-33(26-36(39(35)48)42(4,5)6)52-47(19,20)53-34-27-37(43(7,8)9)40(38(28-34)44(10,11)12)49-29-32(30-50-54(21,22)45(13,14)15)31-51-55(23,24)46(16,17)18/h25-28,32,48H,29-31H2,1-24H3. The molecule has 0 aliphatic rings. The number of hydrogen-bond donors (Lipinski definition) is 1. The maximum absolute atomic E-state index is 11.4. The van der Waals surface area contributed by atoms with Crippen LogP contribution in [-0.2, 0) is 30.5 Å². The van der Waals surface area contributed by atoms with Gasteiger partial charge >= 0.3 is 0 Å². The van der Waals surface area contributed by atoms with Gasteiger partial charge in [0, 0.05) is 51.2 Å². The van der Waals surface area contributed by atoms with Gasteiger partial charge in [0.1, 0.15) is 11.5 Å². The highest BCUT2D eigenvalue weighted by molar-refractivity contribution is 8.18. The van der Waals surface area contributed by atoms with E-state index in [4.69, 9.17) is 13.6 Å². The van der Waals surface area contributed by atoms with Crippen molar-refractivity contribution in [1.29, 1.82) is 0 Å². The zero-order valence-corrected chi connectivity index (χ0v) is 43.6. The first kappa shape index (κ1) is 50.2. The van der Waals surface area contributed by atoms with Crippen LogP contribution in [-0.4, -0.2) is 45.6 Å². The molecule has 0 aliphatic heterocycles. The number of benzene rings is 2. The fourth-order valence-corrected chi connectivity index (χ4v) is 10.5. The lowest BCUT2D eigenvalue weighted by Gasteiger charge is -2.39. The van der Waals surface area contributed by atoms with Crippen molar-refractivity contribution >= 4 is 40.2 Å². The number of hydrogen-bond acceptors (Lipinski definition) is 6. The third-order valence-corrected chi connectivity index (χ3v) is 23.0. The maximum atomic E-state index is 11.4. The summed E-state index contributed by atoms with van der Waals surface area (Å²) in [6.07, 6.45) is 0. The second kappa shape index (κ2) is 17.0. The summed E-state index contributed by atoms with van der Waals surface area (Å²) in [7, 11) is -3.95. The van der Waals surface area contributed by atoms with E-state index in [-0.39, 0.29) is 41.7 Å². The Morgan fingerprint density at radius 1 is 0.491 bits per heavy atom. The average molecular weight is 833 g/mol.